The maximum Gasteiger partial charge on any atom is 0.408 e. The van der Waals surface area contributed by atoms with Gasteiger partial charge in [0, 0.05) is 6.20 Å². The van der Waals surface area contributed by atoms with E-state index in [2.05, 4.69) is 0 Å². The van der Waals surface area contributed by atoms with Gasteiger partial charge in [-0.25, -0.2) is 4.79 Å². The number of carbonyl (C=O) groups is 1. The highest BCUT2D eigenvalue weighted by molar-refractivity contribution is 5.86. The first-order chi connectivity index (χ1) is 5.91. The summed E-state index contributed by atoms with van der Waals surface area (Å²) in [6.07, 6.45) is -3.65. The third-order valence-electron chi connectivity index (χ3n) is 1.83. The summed E-state index contributed by atoms with van der Waals surface area (Å²) in [5.41, 5.74) is -0.0134. The Labute approximate surface area is 72.2 Å². The first-order valence-electron chi connectivity index (χ1n) is 3.66. The highest BCUT2D eigenvalue weighted by Gasteiger charge is 2.40. The SMILES string of the molecule is O=C(O)C1=CNC(C(F)(F)F)CC1. The lowest BCUT2D eigenvalue weighted by atomic mass is 10.0. The van der Waals surface area contributed by atoms with E-state index in [1.165, 1.54) is 0 Å². The molecular formula is C7H8F3NO2. The summed E-state index contributed by atoms with van der Waals surface area (Å²) in [6, 6.07) is -1.62. The Balaban J connectivity index is 2.61. The molecule has 1 heterocycles. The van der Waals surface area contributed by atoms with Crippen molar-refractivity contribution < 1.29 is 23.1 Å². The Kier molecular flexibility index (Phi) is 2.49. The lowest BCUT2D eigenvalue weighted by molar-refractivity contribution is -0.156. The van der Waals surface area contributed by atoms with Gasteiger partial charge >= 0.3 is 12.1 Å². The minimum absolute atomic E-state index is 0.0134. The summed E-state index contributed by atoms with van der Waals surface area (Å²) < 4.78 is 36.1. The summed E-state index contributed by atoms with van der Waals surface area (Å²) in [5, 5.41) is 10.5. The Hall–Kier alpha value is -1.20. The van der Waals surface area contributed by atoms with E-state index in [0.29, 0.717) is 0 Å². The van der Waals surface area contributed by atoms with Crippen molar-refractivity contribution in [1.29, 1.82) is 0 Å². The third-order valence-corrected chi connectivity index (χ3v) is 1.83. The lowest BCUT2D eigenvalue weighted by Gasteiger charge is -2.24. The van der Waals surface area contributed by atoms with Crippen LogP contribution in [0.25, 0.3) is 0 Å². The molecule has 0 saturated heterocycles. The number of hydrogen-bond donors (Lipinski definition) is 2. The number of carboxylic acid groups (broad SMARTS) is 1. The molecule has 2 N–H and O–H groups in total. The van der Waals surface area contributed by atoms with Gasteiger partial charge in [-0.2, -0.15) is 13.2 Å². The number of hydrogen-bond acceptors (Lipinski definition) is 2. The molecule has 1 rings (SSSR count). The molecule has 0 saturated carbocycles. The largest absolute Gasteiger partial charge is 0.478 e. The highest BCUT2D eigenvalue weighted by Crippen LogP contribution is 2.27. The zero-order chi connectivity index (χ0) is 10.1. The van der Waals surface area contributed by atoms with Crippen molar-refractivity contribution >= 4 is 5.97 Å². The van der Waals surface area contributed by atoms with Gasteiger partial charge in [-0.05, 0) is 12.8 Å². The van der Waals surface area contributed by atoms with Gasteiger partial charge in [0.25, 0.3) is 0 Å². The van der Waals surface area contributed by atoms with Gasteiger partial charge in [0.2, 0.25) is 0 Å². The molecule has 13 heavy (non-hydrogen) atoms. The predicted octanol–water partition coefficient (Wildman–Crippen LogP) is 1.27. The molecule has 0 spiro atoms. The van der Waals surface area contributed by atoms with E-state index in [1.807, 2.05) is 5.32 Å². The molecule has 0 aromatic carbocycles. The van der Waals surface area contributed by atoms with E-state index in [-0.39, 0.29) is 18.4 Å². The molecule has 0 aromatic heterocycles. The third kappa shape index (κ3) is 2.37. The minimum Gasteiger partial charge on any atom is -0.478 e. The van der Waals surface area contributed by atoms with Crippen molar-refractivity contribution in [3.8, 4) is 0 Å². The highest BCUT2D eigenvalue weighted by atomic mass is 19.4. The first-order valence-corrected chi connectivity index (χ1v) is 3.66. The second-order valence-corrected chi connectivity index (χ2v) is 2.77. The summed E-state index contributed by atoms with van der Waals surface area (Å²) in [6.45, 7) is 0. The number of halogens is 3. The van der Waals surface area contributed by atoms with Gasteiger partial charge in [-0.15, -0.1) is 0 Å². The van der Waals surface area contributed by atoms with E-state index in [9.17, 15) is 18.0 Å². The van der Waals surface area contributed by atoms with E-state index >= 15 is 0 Å². The van der Waals surface area contributed by atoms with Gasteiger partial charge in [-0.3, -0.25) is 0 Å². The number of aliphatic carboxylic acids is 1. The molecule has 6 heteroatoms. The van der Waals surface area contributed by atoms with Crippen LogP contribution in [0.1, 0.15) is 12.8 Å². The number of nitrogens with one attached hydrogen (secondary N) is 1. The fourth-order valence-corrected chi connectivity index (χ4v) is 1.08. The topological polar surface area (TPSA) is 49.3 Å². The monoisotopic (exact) mass is 195 g/mol. The molecule has 0 aromatic rings. The van der Waals surface area contributed by atoms with E-state index < -0.39 is 18.2 Å². The molecule has 1 atom stereocenters. The fraction of sp³-hybridized carbons (Fsp3) is 0.571. The maximum atomic E-state index is 12.0. The summed E-state index contributed by atoms with van der Waals surface area (Å²) in [4.78, 5) is 10.3. The Bertz CT molecular complexity index is 247. The average Bonchev–Trinajstić information content (AvgIpc) is 2.03. The minimum atomic E-state index is -4.31. The van der Waals surface area contributed by atoms with Gasteiger partial charge in [0.05, 0.1) is 5.57 Å². The average molecular weight is 195 g/mol. The van der Waals surface area contributed by atoms with E-state index in [4.69, 9.17) is 5.11 Å². The molecule has 0 bridgehead atoms. The molecule has 3 nitrogen and oxygen atoms in total. The van der Waals surface area contributed by atoms with Crippen LogP contribution in [0.4, 0.5) is 13.2 Å². The van der Waals surface area contributed by atoms with Crippen molar-refractivity contribution in [2.75, 3.05) is 0 Å². The molecule has 74 valence electrons. The van der Waals surface area contributed by atoms with Crippen LogP contribution in [0.2, 0.25) is 0 Å². The van der Waals surface area contributed by atoms with Crippen LogP contribution in [0.3, 0.4) is 0 Å². The van der Waals surface area contributed by atoms with Crippen LogP contribution in [0.15, 0.2) is 11.8 Å². The normalized spacial score (nSPS) is 23.3. The molecule has 1 aliphatic heterocycles. The molecule has 0 amide bonds. The first kappa shape index (κ1) is 9.88. The van der Waals surface area contributed by atoms with Gasteiger partial charge in [-0.1, -0.05) is 0 Å². The lowest BCUT2D eigenvalue weighted by Crippen LogP contribution is -2.42. The van der Waals surface area contributed by atoms with Gasteiger partial charge in [0.15, 0.2) is 0 Å². The van der Waals surface area contributed by atoms with Crippen LogP contribution in [-0.2, 0) is 4.79 Å². The number of carboxylic acids is 1. The van der Waals surface area contributed by atoms with E-state index in [1.54, 1.807) is 0 Å². The zero-order valence-electron chi connectivity index (χ0n) is 6.56. The fourth-order valence-electron chi connectivity index (χ4n) is 1.08. The Morgan fingerprint density at radius 2 is 2.23 bits per heavy atom. The smallest absolute Gasteiger partial charge is 0.408 e. The Morgan fingerprint density at radius 3 is 2.54 bits per heavy atom. The van der Waals surface area contributed by atoms with Crippen LogP contribution in [0, 0.1) is 0 Å². The van der Waals surface area contributed by atoms with E-state index in [0.717, 1.165) is 6.20 Å². The standard InChI is InChI=1S/C7H8F3NO2/c8-7(9,10)5-2-1-4(3-11-5)6(12)13/h3,5,11H,1-2H2,(H,12,13). The molecule has 1 aliphatic rings. The zero-order valence-corrected chi connectivity index (χ0v) is 6.56. The molecule has 0 aliphatic carbocycles. The van der Waals surface area contributed by atoms with Crippen molar-refractivity contribution in [2.45, 2.75) is 25.1 Å². The summed E-state index contributed by atoms with van der Waals surface area (Å²) in [7, 11) is 0. The van der Waals surface area contributed by atoms with Crippen molar-refractivity contribution in [1.82, 2.24) is 5.32 Å². The number of rotatable bonds is 1. The van der Waals surface area contributed by atoms with Gasteiger partial charge in [0.1, 0.15) is 6.04 Å². The van der Waals surface area contributed by atoms with Crippen LogP contribution < -0.4 is 5.32 Å². The van der Waals surface area contributed by atoms with Crippen molar-refractivity contribution in [3.63, 3.8) is 0 Å². The van der Waals surface area contributed by atoms with Crippen LogP contribution >= 0.6 is 0 Å². The summed E-state index contributed by atoms with van der Waals surface area (Å²) >= 11 is 0. The molecule has 0 fully saturated rings. The van der Waals surface area contributed by atoms with Crippen molar-refractivity contribution in [2.24, 2.45) is 0 Å². The number of alkyl halides is 3. The molecule has 1 unspecified atom stereocenters. The van der Waals surface area contributed by atoms with Gasteiger partial charge < -0.3 is 10.4 Å². The van der Waals surface area contributed by atoms with Crippen LogP contribution in [-0.4, -0.2) is 23.3 Å². The van der Waals surface area contributed by atoms with Crippen molar-refractivity contribution in [3.05, 3.63) is 11.8 Å². The maximum absolute atomic E-state index is 12.0. The molecular weight excluding hydrogens is 187 g/mol. The second kappa shape index (κ2) is 3.27. The summed E-state index contributed by atoms with van der Waals surface area (Å²) in [5.74, 6) is -1.17. The predicted molar refractivity (Wildman–Crippen MR) is 37.9 cm³/mol. The Morgan fingerprint density at radius 1 is 1.62 bits per heavy atom. The van der Waals surface area contributed by atoms with Crippen LogP contribution in [0.5, 0.6) is 0 Å². The second-order valence-electron chi connectivity index (χ2n) is 2.77. The molecule has 0 radical (unpaired) electrons. The quantitative estimate of drug-likeness (QED) is 0.662.